The molecule has 4 atom stereocenters. The van der Waals surface area contributed by atoms with Crippen molar-refractivity contribution in [2.75, 3.05) is 13.1 Å². The van der Waals surface area contributed by atoms with Gasteiger partial charge in [0.05, 0.1) is 12.0 Å². The molecule has 2 heteroatoms. The van der Waals surface area contributed by atoms with Crippen LogP contribution in [0.15, 0.2) is 0 Å². The van der Waals surface area contributed by atoms with Gasteiger partial charge in [0.15, 0.2) is 0 Å². The lowest BCUT2D eigenvalue weighted by Gasteiger charge is -2.47. The highest BCUT2D eigenvalue weighted by Crippen LogP contribution is 2.44. The zero-order valence-electron chi connectivity index (χ0n) is 14.6. The Morgan fingerprint density at radius 2 is 1.95 bits per heavy atom. The monoisotopic (exact) mass is 290 g/mol. The minimum absolute atomic E-state index is 0.268. The standard InChI is InChI=1S/C19H34N2/c1-5-15-8-7-11-21(14-15)18-12-17(19(3,4)6-2)10-9-16(18)13-20/h15-18H,5-12,14H2,1-4H3. The fraction of sp³-hybridized carbons (Fsp3) is 0.947. The largest absolute Gasteiger partial charge is 0.299 e. The molecule has 1 saturated heterocycles. The van der Waals surface area contributed by atoms with E-state index < -0.39 is 0 Å². The van der Waals surface area contributed by atoms with Crippen LogP contribution < -0.4 is 0 Å². The molecule has 2 fully saturated rings. The summed E-state index contributed by atoms with van der Waals surface area (Å²) in [5.41, 5.74) is 0.429. The van der Waals surface area contributed by atoms with Crippen molar-refractivity contribution in [2.24, 2.45) is 23.2 Å². The van der Waals surface area contributed by atoms with Gasteiger partial charge in [-0.2, -0.15) is 5.26 Å². The van der Waals surface area contributed by atoms with E-state index in [-0.39, 0.29) is 5.92 Å². The number of hydrogen-bond donors (Lipinski definition) is 0. The van der Waals surface area contributed by atoms with Crippen molar-refractivity contribution in [3.8, 4) is 6.07 Å². The second-order valence-corrected chi connectivity index (χ2v) is 8.07. The maximum absolute atomic E-state index is 9.58. The number of likely N-dealkylation sites (tertiary alicyclic amines) is 1. The second-order valence-electron chi connectivity index (χ2n) is 8.07. The Labute approximate surface area is 131 Å². The summed E-state index contributed by atoms with van der Waals surface area (Å²) in [5.74, 6) is 1.92. The molecule has 2 aliphatic rings. The summed E-state index contributed by atoms with van der Waals surface area (Å²) in [5, 5.41) is 9.58. The normalized spacial score (nSPS) is 35.4. The van der Waals surface area contributed by atoms with Gasteiger partial charge in [-0.1, -0.05) is 40.5 Å². The van der Waals surface area contributed by atoms with E-state index >= 15 is 0 Å². The van der Waals surface area contributed by atoms with Crippen molar-refractivity contribution >= 4 is 0 Å². The van der Waals surface area contributed by atoms with Gasteiger partial charge in [-0.25, -0.2) is 0 Å². The summed E-state index contributed by atoms with van der Waals surface area (Å²) >= 11 is 0. The topological polar surface area (TPSA) is 27.0 Å². The van der Waals surface area contributed by atoms with Gasteiger partial charge in [-0.15, -0.1) is 0 Å². The smallest absolute Gasteiger partial charge is 0.0672 e. The summed E-state index contributed by atoms with van der Waals surface area (Å²) in [6.45, 7) is 11.9. The summed E-state index contributed by atoms with van der Waals surface area (Å²) in [7, 11) is 0. The quantitative estimate of drug-likeness (QED) is 0.740. The van der Waals surface area contributed by atoms with Gasteiger partial charge in [-0.3, -0.25) is 4.90 Å². The van der Waals surface area contributed by atoms with Gasteiger partial charge in [0.1, 0.15) is 0 Å². The highest BCUT2D eigenvalue weighted by atomic mass is 15.2. The van der Waals surface area contributed by atoms with Gasteiger partial charge in [0, 0.05) is 12.6 Å². The van der Waals surface area contributed by atoms with Crippen LogP contribution in [0.2, 0.25) is 0 Å². The van der Waals surface area contributed by atoms with E-state index in [1.54, 1.807) is 0 Å². The zero-order chi connectivity index (χ0) is 15.5. The predicted molar refractivity (Wildman–Crippen MR) is 88.9 cm³/mol. The molecule has 0 aromatic carbocycles. The molecule has 0 spiro atoms. The van der Waals surface area contributed by atoms with Crippen LogP contribution in [0.4, 0.5) is 0 Å². The lowest BCUT2D eigenvalue weighted by molar-refractivity contribution is 0.0281. The Bertz CT molecular complexity index is 368. The molecule has 0 aromatic rings. The average molecular weight is 290 g/mol. The Hall–Kier alpha value is -0.550. The molecule has 1 heterocycles. The van der Waals surface area contributed by atoms with Crippen molar-refractivity contribution < 1.29 is 0 Å². The fourth-order valence-corrected chi connectivity index (χ4v) is 4.43. The first-order valence-electron chi connectivity index (χ1n) is 9.15. The third kappa shape index (κ3) is 3.81. The van der Waals surface area contributed by atoms with Crippen molar-refractivity contribution in [3.63, 3.8) is 0 Å². The second kappa shape index (κ2) is 7.14. The molecular formula is C19H34N2. The molecule has 4 unspecified atom stereocenters. The Morgan fingerprint density at radius 3 is 2.57 bits per heavy atom. The Kier molecular flexibility index (Phi) is 5.72. The van der Waals surface area contributed by atoms with E-state index in [9.17, 15) is 5.26 Å². The number of nitrogens with zero attached hydrogens (tertiary/aromatic N) is 2. The minimum atomic E-state index is 0.268. The molecule has 120 valence electrons. The molecular weight excluding hydrogens is 256 g/mol. The SMILES string of the molecule is CCC1CCCN(C2CC(C(C)(C)CC)CCC2C#N)C1. The van der Waals surface area contributed by atoms with Gasteiger partial charge in [-0.05, 0) is 55.9 Å². The van der Waals surface area contributed by atoms with Gasteiger partial charge in [0.2, 0.25) is 0 Å². The molecule has 2 rings (SSSR count). The first-order chi connectivity index (χ1) is 10.0. The molecule has 0 bridgehead atoms. The molecule has 2 nitrogen and oxygen atoms in total. The summed E-state index contributed by atoms with van der Waals surface area (Å²) in [6, 6.07) is 3.15. The van der Waals surface area contributed by atoms with Gasteiger partial charge in [0.25, 0.3) is 0 Å². The number of nitriles is 1. The van der Waals surface area contributed by atoms with Gasteiger partial charge >= 0.3 is 0 Å². The number of piperidine rings is 1. The third-order valence-electron chi connectivity index (χ3n) is 6.60. The van der Waals surface area contributed by atoms with E-state index in [1.807, 2.05) is 0 Å². The maximum Gasteiger partial charge on any atom is 0.0672 e. The van der Waals surface area contributed by atoms with Crippen molar-refractivity contribution in [2.45, 2.75) is 78.7 Å². The van der Waals surface area contributed by atoms with Crippen LogP contribution in [-0.2, 0) is 0 Å². The van der Waals surface area contributed by atoms with Crippen molar-refractivity contribution in [1.29, 1.82) is 5.26 Å². The molecule has 21 heavy (non-hydrogen) atoms. The maximum atomic E-state index is 9.58. The molecule has 1 aliphatic heterocycles. The number of hydrogen-bond acceptors (Lipinski definition) is 2. The first-order valence-corrected chi connectivity index (χ1v) is 9.15. The van der Waals surface area contributed by atoms with Gasteiger partial charge < -0.3 is 0 Å². The first kappa shape index (κ1) is 16.8. The van der Waals surface area contributed by atoms with E-state index in [4.69, 9.17) is 0 Å². The molecule has 0 amide bonds. The summed E-state index contributed by atoms with van der Waals surface area (Å²) in [4.78, 5) is 2.68. The van der Waals surface area contributed by atoms with E-state index in [2.05, 4.69) is 38.7 Å². The summed E-state index contributed by atoms with van der Waals surface area (Å²) < 4.78 is 0. The molecule has 0 radical (unpaired) electrons. The minimum Gasteiger partial charge on any atom is -0.299 e. The van der Waals surface area contributed by atoms with E-state index in [0.29, 0.717) is 11.5 Å². The third-order valence-corrected chi connectivity index (χ3v) is 6.60. The van der Waals surface area contributed by atoms with Crippen LogP contribution in [0.25, 0.3) is 0 Å². The van der Waals surface area contributed by atoms with Crippen LogP contribution in [-0.4, -0.2) is 24.0 Å². The van der Waals surface area contributed by atoms with Crippen molar-refractivity contribution in [1.82, 2.24) is 4.90 Å². The van der Waals surface area contributed by atoms with Crippen LogP contribution in [0.1, 0.15) is 72.6 Å². The molecule has 0 N–H and O–H groups in total. The Morgan fingerprint density at radius 1 is 1.19 bits per heavy atom. The van der Waals surface area contributed by atoms with Crippen LogP contribution in [0, 0.1) is 34.5 Å². The average Bonchev–Trinajstić information content (AvgIpc) is 2.54. The molecule has 1 saturated carbocycles. The predicted octanol–water partition coefficient (Wildman–Crippen LogP) is 4.85. The van der Waals surface area contributed by atoms with Crippen molar-refractivity contribution in [3.05, 3.63) is 0 Å². The zero-order valence-corrected chi connectivity index (χ0v) is 14.6. The van der Waals surface area contributed by atoms with Crippen LogP contribution in [0.3, 0.4) is 0 Å². The van der Waals surface area contributed by atoms with E-state index in [0.717, 1.165) is 18.3 Å². The molecule has 0 aromatic heterocycles. The van der Waals surface area contributed by atoms with Crippen LogP contribution in [0.5, 0.6) is 0 Å². The summed E-state index contributed by atoms with van der Waals surface area (Å²) in [6.07, 6.45) is 8.87. The fourth-order valence-electron chi connectivity index (χ4n) is 4.43. The van der Waals surface area contributed by atoms with Crippen LogP contribution >= 0.6 is 0 Å². The highest BCUT2D eigenvalue weighted by Gasteiger charge is 2.40. The lowest BCUT2D eigenvalue weighted by atomic mass is 9.65. The number of rotatable bonds is 4. The Balaban J connectivity index is 2.08. The highest BCUT2D eigenvalue weighted by molar-refractivity contribution is 5.00. The lowest BCUT2D eigenvalue weighted by Crippen LogP contribution is -2.50. The molecule has 1 aliphatic carbocycles. The van der Waals surface area contributed by atoms with E-state index in [1.165, 1.54) is 51.6 Å².